The lowest BCUT2D eigenvalue weighted by Crippen LogP contribution is -2.00. The fourth-order valence-electron chi connectivity index (χ4n) is 8.31. The first-order valence-corrected chi connectivity index (χ1v) is 20.4. The summed E-state index contributed by atoms with van der Waals surface area (Å²) in [6.07, 6.45) is 4.57. The molecule has 1 aliphatic carbocycles. The molecule has 0 atom stereocenters. The van der Waals surface area contributed by atoms with Crippen LogP contribution in [0.25, 0.3) is 101 Å². The summed E-state index contributed by atoms with van der Waals surface area (Å²) in [4.78, 5) is 30.0. The van der Waals surface area contributed by atoms with Gasteiger partial charge in [-0.05, 0) is 62.7 Å². The first-order valence-electron chi connectivity index (χ1n) is 20.4. The van der Waals surface area contributed by atoms with Crippen LogP contribution in [0, 0.1) is 0 Å². The summed E-state index contributed by atoms with van der Waals surface area (Å²) in [6.45, 7) is 0. The molecule has 0 amide bonds. The molecule has 0 saturated heterocycles. The molecule has 0 unspecified atom stereocenters. The number of nitrogens with zero attached hydrogens (tertiary/aromatic N) is 6. The maximum absolute atomic E-state index is 5.10. The van der Waals surface area contributed by atoms with E-state index in [1.54, 1.807) is 0 Å². The van der Waals surface area contributed by atoms with Crippen molar-refractivity contribution in [1.29, 1.82) is 0 Å². The Bertz CT molecular complexity index is 3070. The molecule has 6 heteroatoms. The van der Waals surface area contributed by atoms with E-state index in [2.05, 4.69) is 109 Å². The predicted molar refractivity (Wildman–Crippen MR) is 245 cm³/mol. The van der Waals surface area contributed by atoms with E-state index in [-0.39, 0.29) is 0 Å². The third kappa shape index (κ3) is 6.96. The second-order valence-corrected chi connectivity index (χ2v) is 15.1. The lowest BCUT2D eigenvalue weighted by molar-refractivity contribution is 1.07. The van der Waals surface area contributed by atoms with E-state index < -0.39 is 0 Å². The predicted octanol–water partition coefficient (Wildman–Crippen LogP) is 13.0. The zero-order valence-corrected chi connectivity index (χ0v) is 33.0. The number of benzene rings is 7. The van der Waals surface area contributed by atoms with Crippen LogP contribution in [0.4, 0.5) is 0 Å². The van der Waals surface area contributed by atoms with Crippen LogP contribution < -0.4 is 0 Å². The van der Waals surface area contributed by atoms with Gasteiger partial charge in [0.15, 0.2) is 23.3 Å². The third-order valence-electron chi connectivity index (χ3n) is 11.3. The monoisotopic (exact) mass is 780 g/mol. The second kappa shape index (κ2) is 15.5. The molecule has 0 bridgehead atoms. The summed E-state index contributed by atoms with van der Waals surface area (Å²) in [7, 11) is 0. The molecule has 286 valence electrons. The number of aromatic nitrogens is 6. The van der Waals surface area contributed by atoms with Gasteiger partial charge in [0.2, 0.25) is 0 Å². The van der Waals surface area contributed by atoms with Crippen LogP contribution in [-0.4, -0.2) is 29.9 Å². The van der Waals surface area contributed by atoms with Crippen LogP contribution in [0.1, 0.15) is 11.1 Å². The summed E-state index contributed by atoms with van der Waals surface area (Å²) in [5, 5.41) is 0. The number of rotatable bonds is 8. The summed E-state index contributed by atoms with van der Waals surface area (Å²) in [5.41, 5.74) is 16.9. The molecule has 10 aromatic rings. The minimum absolute atomic E-state index is 0.631. The maximum Gasteiger partial charge on any atom is 0.164 e. The van der Waals surface area contributed by atoms with Gasteiger partial charge in [-0.25, -0.2) is 29.9 Å². The molecule has 6 nitrogen and oxygen atoms in total. The van der Waals surface area contributed by atoms with E-state index in [1.807, 2.05) is 97.3 Å². The average molecular weight is 781 g/mol. The van der Waals surface area contributed by atoms with Crippen molar-refractivity contribution in [3.63, 3.8) is 0 Å². The van der Waals surface area contributed by atoms with Crippen LogP contribution in [0.15, 0.2) is 207 Å². The van der Waals surface area contributed by atoms with E-state index >= 15 is 0 Å². The lowest BCUT2D eigenvalue weighted by atomic mass is 9.94. The molecular formula is C55H36N6. The number of pyridine rings is 1. The summed E-state index contributed by atoms with van der Waals surface area (Å²) >= 11 is 0. The standard InChI is InChI=1S/C55H36N6/c1-5-16-36(17-6-1)42-31-50(37-18-7-2-8-19-37)58-51(32-42)43-34-56-55(57-35-43)47-29-15-28-46-45-27-14-26-44(48(45)33-49(46)47)40-24-13-25-41(30-40)54-60-52(38-20-9-3-10-21-38)59-53(61-54)39-22-11-4-12-23-39/h1-32,34-35H,33H2. The highest BCUT2D eigenvalue weighted by atomic mass is 15.0. The van der Waals surface area contributed by atoms with Gasteiger partial charge in [-0.3, -0.25) is 0 Å². The van der Waals surface area contributed by atoms with Gasteiger partial charge in [-0.2, -0.15) is 0 Å². The Hall–Kier alpha value is -8.22. The largest absolute Gasteiger partial charge is 0.248 e. The lowest BCUT2D eigenvalue weighted by Gasteiger charge is -2.12. The smallest absolute Gasteiger partial charge is 0.164 e. The average Bonchev–Trinajstić information content (AvgIpc) is 3.74. The minimum Gasteiger partial charge on any atom is -0.248 e. The van der Waals surface area contributed by atoms with Gasteiger partial charge in [0.25, 0.3) is 0 Å². The minimum atomic E-state index is 0.631. The molecule has 3 heterocycles. The first-order chi connectivity index (χ1) is 30.2. The molecule has 61 heavy (non-hydrogen) atoms. The molecule has 1 aliphatic rings. The van der Waals surface area contributed by atoms with Crippen molar-refractivity contribution >= 4 is 0 Å². The van der Waals surface area contributed by atoms with Gasteiger partial charge in [-0.1, -0.05) is 176 Å². The van der Waals surface area contributed by atoms with Crippen molar-refractivity contribution in [2.24, 2.45) is 0 Å². The summed E-state index contributed by atoms with van der Waals surface area (Å²) < 4.78 is 0. The fourth-order valence-corrected chi connectivity index (χ4v) is 8.31. The molecule has 0 aliphatic heterocycles. The van der Waals surface area contributed by atoms with E-state index in [0.717, 1.165) is 67.9 Å². The molecular weight excluding hydrogens is 745 g/mol. The Morgan fingerprint density at radius 1 is 0.262 bits per heavy atom. The summed E-state index contributed by atoms with van der Waals surface area (Å²) in [5.74, 6) is 2.61. The van der Waals surface area contributed by atoms with Crippen molar-refractivity contribution < 1.29 is 0 Å². The van der Waals surface area contributed by atoms with E-state index in [0.29, 0.717) is 23.3 Å². The molecule has 7 aromatic carbocycles. The zero-order chi connectivity index (χ0) is 40.5. The molecule has 0 radical (unpaired) electrons. The van der Waals surface area contributed by atoms with Crippen LogP contribution in [0.5, 0.6) is 0 Å². The topological polar surface area (TPSA) is 77.3 Å². The van der Waals surface area contributed by atoms with E-state index in [4.69, 9.17) is 29.9 Å². The Balaban J connectivity index is 0.931. The third-order valence-corrected chi connectivity index (χ3v) is 11.3. The Morgan fingerprint density at radius 2 is 0.689 bits per heavy atom. The normalized spacial score (nSPS) is 11.5. The van der Waals surface area contributed by atoms with Crippen LogP contribution in [0.3, 0.4) is 0 Å². The van der Waals surface area contributed by atoms with Gasteiger partial charge in [0.05, 0.1) is 11.4 Å². The highest BCUT2D eigenvalue weighted by Crippen LogP contribution is 2.45. The quantitative estimate of drug-likeness (QED) is 0.153. The number of fused-ring (bicyclic) bond motifs is 3. The van der Waals surface area contributed by atoms with Crippen molar-refractivity contribution in [2.45, 2.75) is 6.42 Å². The van der Waals surface area contributed by atoms with Crippen LogP contribution in [0.2, 0.25) is 0 Å². The first kappa shape index (κ1) is 35.9. The van der Waals surface area contributed by atoms with Gasteiger partial charge < -0.3 is 0 Å². The molecule has 3 aromatic heterocycles. The molecule has 11 rings (SSSR count). The van der Waals surface area contributed by atoms with E-state index in [1.165, 1.54) is 27.8 Å². The molecule has 0 saturated carbocycles. The van der Waals surface area contributed by atoms with Gasteiger partial charge in [0.1, 0.15) is 0 Å². The van der Waals surface area contributed by atoms with Gasteiger partial charge in [0, 0.05) is 52.2 Å². The van der Waals surface area contributed by atoms with Gasteiger partial charge >= 0.3 is 0 Å². The van der Waals surface area contributed by atoms with Crippen molar-refractivity contribution in [2.75, 3.05) is 0 Å². The van der Waals surface area contributed by atoms with Gasteiger partial charge in [-0.15, -0.1) is 0 Å². The Kier molecular flexibility index (Phi) is 9.13. The molecule has 0 fully saturated rings. The number of hydrogen-bond donors (Lipinski definition) is 0. The van der Waals surface area contributed by atoms with Crippen LogP contribution in [-0.2, 0) is 6.42 Å². The van der Waals surface area contributed by atoms with Crippen LogP contribution >= 0.6 is 0 Å². The molecule has 0 N–H and O–H groups in total. The SMILES string of the molecule is c1ccc(-c2cc(-c3ccccc3)nc(-c3cnc(-c4cccc5c4Cc4c(-c6cccc(-c7nc(-c8ccccc8)nc(-c8ccccc8)n7)c6)cccc4-5)nc3)c2)cc1. The summed E-state index contributed by atoms with van der Waals surface area (Å²) in [6, 6.07) is 66.7. The Morgan fingerprint density at radius 3 is 1.28 bits per heavy atom. The van der Waals surface area contributed by atoms with Crippen molar-refractivity contribution in [3.8, 4) is 101 Å². The van der Waals surface area contributed by atoms with E-state index in [9.17, 15) is 0 Å². The number of hydrogen-bond acceptors (Lipinski definition) is 6. The molecule has 0 spiro atoms. The maximum atomic E-state index is 5.10. The van der Waals surface area contributed by atoms with Crippen molar-refractivity contribution in [3.05, 3.63) is 218 Å². The van der Waals surface area contributed by atoms with Crippen molar-refractivity contribution in [1.82, 2.24) is 29.9 Å². The fraction of sp³-hybridized carbons (Fsp3) is 0.0182. The second-order valence-electron chi connectivity index (χ2n) is 15.1. The Labute approximate surface area is 354 Å². The highest BCUT2D eigenvalue weighted by Gasteiger charge is 2.25. The highest BCUT2D eigenvalue weighted by molar-refractivity contribution is 5.89. The zero-order valence-electron chi connectivity index (χ0n) is 33.0.